The number of ether oxygens (including phenoxy) is 2. The first kappa shape index (κ1) is 18.2. The molecule has 1 aromatic rings. The molecule has 2 aliphatic heterocycles. The zero-order valence-corrected chi connectivity index (χ0v) is 15.7. The van der Waals surface area contributed by atoms with Gasteiger partial charge in [0, 0.05) is 32.7 Å². The SMILES string of the molecule is CC(C)(C)OC(=O)N1CCC2(CC1)CN(Cc1ccccc1)CCO2. The first-order valence-electron chi connectivity index (χ1n) is 9.23. The Bertz CT molecular complexity index is 574. The zero-order valence-electron chi connectivity index (χ0n) is 15.7. The summed E-state index contributed by atoms with van der Waals surface area (Å²) in [6, 6.07) is 10.6. The molecular formula is C20H30N2O3. The molecule has 25 heavy (non-hydrogen) atoms. The molecule has 1 amide bonds. The molecule has 0 atom stereocenters. The summed E-state index contributed by atoms with van der Waals surface area (Å²) in [5.74, 6) is 0. The van der Waals surface area contributed by atoms with Crippen LogP contribution in [0.25, 0.3) is 0 Å². The van der Waals surface area contributed by atoms with Crippen LogP contribution in [-0.2, 0) is 16.0 Å². The Morgan fingerprint density at radius 1 is 1.16 bits per heavy atom. The van der Waals surface area contributed by atoms with Gasteiger partial charge < -0.3 is 14.4 Å². The molecule has 1 aromatic carbocycles. The summed E-state index contributed by atoms with van der Waals surface area (Å²) < 4.78 is 11.7. The van der Waals surface area contributed by atoms with E-state index in [0.717, 1.165) is 39.1 Å². The number of rotatable bonds is 2. The Morgan fingerprint density at radius 2 is 1.84 bits per heavy atom. The van der Waals surface area contributed by atoms with Crippen molar-refractivity contribution < 1.29 is 14.3 Å². The largest absolute Gasteiger partial charge is 0.444 e. The molecule has 5 nitrogen and oxygen atoms in total. The third-order valence-corrected chi connectivity index (χ3v) is 4.90. The molecule has 0 aromatic heterocycles. The van der Waals surface area contributed by atoms with Gasteiger partial charge in [-0.25, -0.2) is 4.79 Å². The van der Waals surface area contributed by atoms with E-state index in [0.29, 0.717) is 13.1 Å². The standard InChI is InChI=1S/C20H30N2O3/c1-19(2,3)25-18(23)22-11-9-20(10-12-22)16-21(13-14-24-20)15-17-7-5-4-6-8-17/h4-8H,9-16H2,1-3H3. The number of hydrogen-bond donors (Lipinski definition) is 0. The summed E-state index contributed by atoms with van der Waals surface area (Å²) >= 11 is 0. The van der Waals surface area contributed by atoms with Crippen LogP contribution in [0.15, 0.2) is 30.3 Å². The van der Waals surface area contributed by atoms with Crippen LogP contribution in [0.1, 0.15) is 39.2 Å². The van der Waals surface area contributed by atoms with Gasteiger partial charge in [-0.15, -0.1) is 0 Å². The quantitative estimate of drug-likeness (QED) is 0.824. The van der Waals surface area contributed by atoms with Gasteiger partial charge in [0.05, 0.1) is 12.2 Å². The average Bonchev–Trinajstić information content (AvgIpc) is 2.55. The van der Waals surface area contributed by atoms with Crippen LogP contribution >= 0.6 is 0 Å². The van der Waals surface area contributed by atoms with Crippen LogP contribution in [0, 0.1) is 0 Å². The summed E-state index contributed by atoms with van der Waals surface area (Å²) in [7, 11) is 0. The average molecular weight is 346 g/mol. The minimum absolute atomic E-state index is 0.120. The molecule has 1 spiro atoms. The summed E-state index contributed by atoms with van der Waals surface area (Å²) in [6.07, 6.45) is 1.54. The van der Waals surface area contributed by atoms with E-state index in [2.05, 4.69) is 35.2 Å². The number of piperidine rings is 1. The number of likely N-dealkylation sites (tertiary alicyclic amines) is 1. The minimum Gasteiger partial charge on any atom is -0.444 e. The molecule has 0 radical (unpaired) electrons. The van der Waals surface area contributed by atoms with Gasteiger partial charge in [0.2, 0.25) is 0 Å². The van der Waals surface area contributed by atoms with E-state index >= 15 is 0 Å². The van der Waals surface area contributed by atoms with Crippen molar-refractivity contribution >= 4 is 6.09 Å². The lowest BCUT2D eigenvalue weighted by atomic mass is 9.89. The second kappa shape index (κ2) is 7.34. The molecule has 138 valence electrons. The van der Waals surface area contributed by atoms with Crippen LogP contribution < -0.4 is 0 Å². The molecule has 2 aliphatic rings. The van der Waals surface area contributed by atoms with Gasteiger partial charge in [0.25, 0.3) is 0 Å². The highest BCUT2D eigenvalue weighted by molar-refractivity contribution is 5.68. The second-order valence-electron chi connectivity index (χ2n) is 8.20. The number of hydrogen-bond acceptors (Lipinski definition) is 4. The summed E-state index contributed by atoms with van der Waals surface area (Å²) in [6.45, 7) is 10.7. The van der Waals surface area contributed by atoms with Gasteiger partial charge in [0.1, 0.15) is 5.60 Å². The van der Waals surface area contributed by atoms with Crippen LogP contribution in [0.4, 0.5) is 4.79 Å². The summed E-state index contributed by atoms with van der Waals surface area (Å²) in [5, 5.41) is 0. The van der Waals surface area contributed by atoms with Crippen molar-refractivity contribution in [2.75, 3.05) is 32.8 Å². The monoisotopic (exact) mass is 346 g/mol. The molecule has 0 N–H and O–H groups in total. The van der Waals surface area contributed by atoms with Crippen molar-refractivity contribution in [3.05, 3.63) is 35.9 Å². The van der Waals surface area contributed by atoms with Crippen molar-refractivity contribution in [2.45, 2.75) is 51.4 Å². The van der Waals surface area contributed by atoms with Gasteiger partial charge in [-0.1, -0.05) is 30.3 Å². The molecular weight excluding hydrogens is 316 g/mol. The second-order valence-corrected chi connectivity index (χ2v) is 8.20. The Morgan fingerprint density at radius 3 is 2.48 bits per heavy atom. The van der Waals surface area contributed by atoms with Crippen molar-refractivity contribution in [1.82, 2.24) is 9.80 Å². The van der Waals surface area contributed by atoms with Crippen molar-refractivity contribution in [2.24, 2.45) is 0 Å². The van der Waals surface area contributed by atoms with Gasteiger partial charge in [0.15, 0.2) is 0 Å². The third-order valence-electron chi connectivity index (χ3n) is 4.90. The molecule has 0 aliphatic carbocycles. The maximum absolute atomic E-state index is 12.2. The van der Waals surface area contributed by atoms with E-state index in [-0.39, 0.29) is 11.7 Å². The minimum atomic E-state index is -0.444. The molecule has 5 heteroatoms. The van der Waals surface area contributed by atoms with Crippen molar-refractivity contribution in [3.63, 3.8) is 0 Å². The van der Waals surface area contributed by atoms with Crippen LogP contribution in [-0.4, -0.2) is 59.9 Å². The topological polar surface area (TPSA) is 42.0 Å². The number of carbonyl (C=O) groups excluding carboxylic acids is 1. The maximum atomic E-state index is 12.2. The predicted octanol–water partition coefficient (Wildman–Crippen LogP) is 3.29. The fourth-order valence-electron chi connectivity index (χ4n) is 3.63. The molecule has 2 heterocycles. The van der Waals surface area contributed by atoms with E-state index in [1.54, 1.807) is 0 Å². The van der Waals surface area contributed by atoms with Crippen molar-refractivity contribution in [3.8, 4) is 0 Å². The van der Waals surface area contributed by atoms with Crippen LogP contribution in [0.5, 0.6) is 0 Å². The number of benzene rings is 1. The molecule has 2 fully saturated rings. The highest BCUT2D eigenvalue weighted by Gasteiger charge is 2.41. The lowest BCUT2D eigenvalue weighted by Gasteiger charge is -2.47. The lowest BCUT2D eigenvalue weighted by molar-refractivity contribution is -0.136. The van der Waals surface area contributed by atoms with E-state index in [9.17, 15) is 4.79 Å². The van der Waals surface area contributed by atoms with E-state index in [1.165, 1.54) is 5.56 Å². The predicted molar refractivity (Wildman–Crippen MR) is 97.4 cm³/mol. The van der Waals surface area contributed by atoms with Crippen LogP contribution in [0.3, 0.4) is 0 Å². The summed E-state index contributed by atoms with van der Waals surface area (Å²) in [4.78, 5) is 16.5. The van der Waals surface area contributed by atoms with E-state index in [1.807, 2.05) is 25.7 Å². The Balaban J connectivity index is 1.54. The van der Waals surface area contributed by atoms with Gasteiger partial charge in [-0.3, -0.25) is 4.90 Å². The fourth-order valence-corrected chi connectivity index (χ4v) is 3.63. The smallest absolute Gasteiger partial charge is 0.410 e. The molecule has 3 rings (SSSR count). The highest BCUT2D eigenvalue weighted by atomic mass is 16.6. The van der Waals surface area contributed by atoms with Crippen molar-refractivity contribution in [1.29, 1.82) is 0 Å². The normalized spacial score (nSPS) is 21.3. The lowest BCUT2D eigenvalue weighted by Crippen LogP contribution is -2.57. The van der Waals surface area contributed by atoms with Crippen LogP contribution in [0.2, 0.25) is 0 Å². The van der Waals surface area contributed by atoms with Gasteiger partial charge >= 0.3 is 6.09 Å². The molecule has 2 saturated heterocycles. The first-order chi connectivity index (χ1) is 11.9. The molecule has 0 unspecified atom stereocenters. The number of nitrogens with zero attached hydrogens (tertiary/aromatic N) is 2. The third kappa shape index (κ3) is 4.95. The number of morpholine rings is 1. The van der Waals surface area contributed by atoms with Gasteiger partial charge in [-0.2, -0.15) is 0 Å². The highest BCUT2D eigenvalue weighted by Crippen LogP contribution is 2.31. The summed E-state index contributed by atoms with van der Waals surface area (Å²) in [5.41, 5.74) is 0.775. The molecule has 0 saturated carbocycles. The number of amides is 1. The Labute approximate surface area is 150 Å². The number of carbonyl (C=O) groups is 1. The molecule has 0 bridgehead atoms. The van der Waals surface area contributed by atoms with E-state index in [4.69, 9.17) is 9.47 Å². The zero-order chi connectivity index (χ0) is 17.9. The van der Waals surface area contributed by atoms with E-state index < -0.39 is 5.60 Å². The maximum Gasteiger partial charge on any atom is 0.410 e. The fraction of sp³-hybridized carbons (Fsp3) is 0.650. The Hall–Kier alpha value is -1.59. The first-order valence-corrected chi connectivity index (χ1v) is 9.23. The Kier molecular flexibility index (Phi) is 5.35. The van der Waals surface area contributed by atoms with Gasteiger partial charge in [-0.05, 0) is 39.2 Å².